The van der Waals surface area contributed by atoms with Crippen molar-refractivity contribution in [1.82, 2.24) is 15.0 Å². The van der Waals surface area contributed by atoms with E-state index in [-0.39, 0.29) is 73.9 Å². The van der Waals surface area contributed by atoms with Crippen molar-refractivity contribution in [1.29, 1.82) is 16.2 Å². The first-order valence-corrected chi connectivity index (χ1v) is 9.19. The third kappa shape index (κ3) is 11.4. The Balaban J connectivity index is 2.92. The van der Waals surface area contributed by atoms with E-state index >= 15 is 0 Å². The summed E-state index contributed by atoms with van der Waals surface area (Å²) in [6.45, 7) is 0. The molecule has 1 aromatic rings. The highest BCUT2D eigenvalue weighted by Crippen LogP contribution is 2.11. The second-order valence-electron chi connectivity index (χ2n) is 6.38. The van der Waals surface area contributed by atoms with Gasteiger partial charge in [-0.1, -0.05) is 0 Å². The number of rotatable bonds is 13. The van der Waals surface area contributed by atoms with Gasteiger partial charge >= 0.3 is 0 Å². The van der Waals surface area contributed by atoms with Crippen LogP contribution in [0.15, 0.2) is 0 Å². The summed E-state index contributed by atoms with van der Waals surface area (Å²) in [6, 6.07) is 0. The summed E-state index contributed by atoms with van der Waals surface area (Å²) < 4.78 is 0. The minimum atomic E-state index is -0.533. The number of hydrogen-bond donors (Lipinski definition) is 9. The van der Waals surface area contributed by atoms with Crippen LogP contribution in [0.4, 0.5) is 17.8 Å². The Hall–Kier alpha value is -4.17. The van der Waals surface area contributed by atoms with Gasteiger partial charge in [0.25, 0.3) is 0 Å². The lowest BCUT2D eigenvalue weighted by Gasteiger charge is -2.10. The van der Waals surface area contributed by atoms with E-state index < -0.39 is 17.7 Å². The van der Waals surface area contributed by atoms with Crippen LogP contribution in [-0.4, -0.2) is 50.2 Å². The number of carbonyl (C=O) groups excluding carboxylic acids is 3. The highest BCUT2D eigenvalue weighted by molar-refractivity contribution is 5.94. The van der Waals surface area contributed by atoms with Crippen LogP contribution in [-0.2, 0) is 14.4 Å². The maximum absolute atomic E-state index is 12.0. The van der Waals surface area contributed by atoms with Crippen LogP contribution in [0.3, 0.4) is 0 Å². The largest absolute Gasteiger partial charge is 0.388 e. The standard InChI is InChI=1S/C16H26N12O3/c17-8(18)2-1-3-11(29)23-14-26-15(24-12(30)6-4-9(19)20)28-16(27-14)25-13(31)7-5-10(21)22/h1-7H2,(H3,17,18)(H3,19,20)(H3,21,22)(H3,23,24,25,26,27,28,29,30,31). The maximum Gasteiger partial charge on any atom is 0.236 e. The van der Waals surface area contributed by atoms with Gasteiger partial charge in [-0.05, 0) is 6.42 Å². The molecule has 1 rings (SSSR count). The van der Waals surface area contributed by atoms with Gasteiger partial charge in [0.15, 0.2) is 0 Å². The second-order valence-corrected chi connectivity index (χ2v) is 6.38. The number of amides is 3. The minimum absolute atomic E-state index is 0.0330. The van der Waals surface area contributed by atoms with Gasteiger partial charge in [0, 0.05) is 38.5 Å². The molecule has 0 aliphatic carbocycles. The van der Waals surface area contributed by atoms with Gasteiger partial charge in [-0.3, -0.25) is 46.6 Å². The third-order valence-corrected chi connectivity index (χ3v) is 3.48. The van der Waals surface area contributed by atoms with Gasteiger partial charge in [-0.15, -0.1) is 0 Å². The molecule has 0 saturated carbocycles. The SMILES string of the molecule is N=C(N)CCCC(=O)Nc1nc(NC(=O)CCC(=N)N)nc(NC(=O)CCC(=N)N)n1. The molecule has 1 heterocycles. The predicted octanol–water partition coefficient (Wildman–Crippen LogP) is -0.774. The number of nitrogens with zero attached hydrogens (tertiary/aromatic N) is 3. The number of hydrogen-bond acceptors (Lipinski definition) is 9. The van der Waals surface area contributed by atoms with Gasteiger partial charge in [0.2, 0.25) is 35.6 Å². The zero-order valence-electron chi connectivity index (χ0n) is 16.7. The molecule has 0 spiro atoms. The van der Waals surface area contributed by atoms with Gasteiger partial charge in [0.1, 0.15) is 0 Å². The lowest BCUT2D eigenvalue weighted by Crippen LogP contribution is -2.22. The van der Waals surface area contributed by atoms with Crippen molar-refractivity contribution >= 4 is 53.1 Å². The Kier molecular flexibility index (Phi) is 9.95. The van der Waals surface area contributed by atoms with Gasteiger partial charge in [-0.2, -0.15) is 15.0 Å². The first-order valence-electron chi connectivity index (χ1n) is 9.19. The summed E-state index contributed by atoms with van der Waals surface area (Å²) in [5.41, 5.74) is 15.7. The average molecular weight is 434 g/mol. The molecule has 31 heavy (non-hydrogen) atoms. The first kappa shape index (κ1) is 24.9. The number of nitrogens with one attached hydrogen (secondary N) is 6. The molecular weight excluding hydrogens is 408 g/mol. The van der Waals surface area contributed by atoms with Crippen molar-refractivity contribution in [2.24, 2.45) is 17.2 Å². The Morgan fingerprint density at radius 1 is 0.581 bits per heavy atom. The molecule has 12 N–H and O–H groups in total. The van der Waals surface area contributed by atoms with Crippen molar-refractivity contribution in [3.63, 3.8) is 0 Å². The fourth-order valence-electron chi connectivity index (χ4n) is 2.04. The smallest absolute Gasteiger partial charge is 0.236 e. The Labute approximate surface area is 177 Å². The van der Waals surface area contributed by atoms with Crippen molar-refractivity contribution < 1.29 is 14.4 Å². The van der Waals surface area contributed by atoms with E-state index in [1.165, 1.54) is 0 Å². The Morgan fingerprint density at radius 2 is 0.903 bits per heavy atom. The Morgan fingerprint density at radius 3 is 1.23 bits per heavy atom. The predicted molar refractivity (Wildman–Crippen MR) is 114 cm³/mol. The molecule has 0 radical (unpaired) electrons. The highest BCUT2D eigenvalue weighted by Gasteiger charge is 2.14. The van der Waals surface area contributed by atoms with Crippen molar-refractivity contribution in [2.45, 2.75) is 44.9 Å². The maximum atomic E-state index is 12.0. The highest BCUT2D eigenvalue weighted by atomic mass is 16.2. The molecular formula is C16H26N12O3. The van der Waals surface area contributed by atoms with Crippen molar-refractivity contribution in [2.75, 3.05) is 16.0 Å². The monoisotopic (exact) mass is 434 g/mol. The third-order valence-electron chi connectivity index (χ3n) is 3.48. The molecule has 0 aliphatic rings. The number of anilines is 3. The lowest BCUT2D eigenvalue weighted by atomic mass is 10.2. The summed E-state index contributed by atoms with van der Waals surface area (Å²) in [6.07, 6.45) is 0.527. The molecule has 0 atom stereocenters. The molecule has 168 valence electrons. The molecule has 0 unspecified atom stereocenters. The quantitative estimate of drug-likeness (QED) is 0.139. The second kappa shape index (κ2) is 12.4. The molecule has 0 aliphatic heterocycles. The molecule has 0 bridgehead atoms. The molecule has 15 heteroatoms. The lowest BCUT2D eigenvalue weighted by molar-refractivity contribution is -0.117. The van der Waals surface area contributed by atoms with E-state index in [2.05, 4.69) is 30.9 Å². The van der Waals surface area contributed by atoms with E-state index in [0.29, 0.717) is 6.42 Å². The van der Waals surface area contributed by atoms with Crippen LogP contribution in [0.1, 0.15) is 44.9 Å². The van der Waals surface area contributed by atoms with E-state index in [4.69, 9.17) is 33.4 Å². The Bertz CT molecular complexity index is 819. The molecule has 0 aromatic carbocycles. The van der Waals surface area contributed by atoms with Crippen LogP contribution in [0.2, 0.25) is 0 Å². The van der Waals surface area contributed by atoms with Crippen molar-refractivity contribution in [3.8, 4) is 0 Å². The van der Waals surface area contributed by atoms with Crippen LogP contribution in [0, 0.1) is 16.2 Å². The summed E-state index contributed by atoms with van der Waals surface area (Å²) >= 11 is 0. The molecule has 3 amide bonds. The average Bonchev–Trinajstić information content (AvgIpc) is 2.64. The zero-order valence-corrected chi connectivity index (χ0v) is 16.7. The number of aromatic nitrogens is 3. The van der Waals surface area contributed by atoms with Crippen LogP contribution < -0.4 is 33.2 Å². The van der Waals surface area contributed by atoms with E-state index in [0.717, 1.165) is 0 Å². The summed E-state index contributed by atoms with van der Waals surface area (Å²) in [7, 11) is 0. The minimum Gasteiger partial charge on any atom is -0.388 e. The number of amidine groups is 3. The molecule has 0 fully saturated rings. The molecule has 15 nitrogen and oxygen atoms in total. The van der Waals surface area contributed by atoms with Gasteiger partial charge < -0.3 is 17.2 Å². The van der Waals surface area contributed by atoms with E-state index in [1.807, 2.05) is 0 Å². The summed E-state index contributed by atoms with van der Waals surface area (Å²) in [5, 5.41) is 28.6. The molecule has 1 aromatic heterocycles. The van der Waals surface area contributed by atoms with E-state index in [9.17, 15) is 14.4 Å². The van der Waals surface area contributed by atoms with Crippen LogP contribution in [0.5, 0.6) is 0 Å². The molecule has 0 saturated heterocycles. The number of nitrogens with two attached hydrogens (primary N) is 3. The van der Waals surface area contributed by atoms with Crippen molar-refractivity contribution in [3.05, 3.63) is 0 Å². The number of carbonyl (C=O) groups is 3. The van der Waals surface area contributed by atoms with Gasteiger partial charge in [0.05, 0.1) is 17.5 Å². The van der Waals surface area contributed by atoms with Gasteiger partial charge in [-0.25, -0.2) is 0 Å². The van der Waals surface area contributed by atoms with Crippen LogP contribution >= 0.6 is 0 Å². The normalized spacial score (nSPS) is 10.1. The summed E-state index contributed by atoms with van der Waals surface area (Å²) in [4.78, 5) is 47.7. The fraction of sp³-hybridized carbons (Fsp3) is 0.438. The zero-order chi connectivity index (χ0) is 23.4. The topological polar surface area (TPSA) is 276 Å². The summed E-state index contributed by atoms with van der Waals surface area (Å²) in [5.74, 6) is -2.58. The van der Waals surface area contributed by atoms with Crippen LogP contribution in [0.25, 0.3) is 0 Å². The van der Waals surface area contributed by atoms with E-state index in [1.54, 1.807) is 0 Å². The first-order chi connectivity index (χ1) is 14.5. The fourth-order valence-corrected chi connectivity index (χ4v) is 2.04.